The molecule has 0 atom stereocenters. The molecule has 0 radical (unpaired) electrons. The largest absolute Gasteiger partial charge is 0.480 e. The maximum absolute atomic E-state index is 13.5. The summed E-state index contributed by atoms with van der Waals surface area (Å²) in [5.41, 5.74) is -0.703. The Balaban J connectivity index is 1.52. The zero-order valence-corrected chi connectivity index (χ0v) is 20.1. The van der Waals surface area contributed by atoms with E-state index in [-0.39, 0.29) is 17.0 Å². The second-order valence-corrected chi connectivity index (χ2v) is 8.38. The molecule has 3 heterocycles. The van der Waals surface area contributed by atoms with E-state index in [1.54, 1.807) is 29.3 Å². The van der Waals surface area contributed by atoms with Gasteiger partial charge in [0, 0.05) is 43.5 Å². The number of anilines is 1. The van der Waals surface area contributed by atoms with Crippen LogP contribution in [0.5, 0.6) is 5.88 Å². The monoisotopic (exact) mass is 545 g/mol. The molecule has 1 fully saturated rings. The van der Waals surface area contributed by atoms with Gasteiger partial charge in [-0.05, 0) is 52.2 Å². The van der Waals surface area contributed by atoms with Gasteiger partial charge in [0.2, 0.25) is 11.8 Å². The Hall–Kier alpha value is -3.65. The van der Waals surface area contributed by atoms with Crippen LogP contribution in [0.15, 0.2) is 53.3 Å². The number of pyridine rings is 1. The van der Waals surface area contributed by atoms with Gasteiger partial charge in [0.25, 0.3) is 5.91 Å². The smallest absolute Gasteiger partial charge is 0.417 e. The molecule has 0 saturated carbocycles. The van der Waals surface area contributed by atoms with Gasteiger partial charge in [-0.1, -0.05) is 12.0 Å². The van der Waals surface area contributed by atoms with Gasteiger partial charge < -0.3 is 14.5 Å². The van der Waals surface area contributed by atoms with Crippen molar-refractivity contribution in [3.63, 3.8) is 0 Å². The number of nitrogens with zero attached hydrogens (tertiary/aromatic N) is 5. The molecule has 180 valence electrons. The first kappa shape index (κ1) is 24.5. The van der Waals surface area contributed by atoms with E-state index < -0.39 is 11.7 Å². The van der Waals surface area contributed by atoms with Crippen LogP contribution < -0.4 is 9.64 Å². The van der Waals surface area contributed by atoms with E-state index in [4.69, 9.17) is 4.74 Å². The number of amides is 1. The topological polar surface area (TPSA) is 71.5 Å². The fourth-order valence-corrected chi connectivity index (χ4v) is 3.88. The van der Waals surface area contributed by atoms with Crippen molar-refractivity contribution in [1.82, 2.24) is 19.9 Å². The van der Waals surface area contributed by atoms with Gasteiger partial charge in [-0.15, -0.1) is 0 Å². The number of halogens is 4. The van der Waals surface area contributed by atoms with Crippen molar-refractivity contribution in [3.8, 4) is 17.7 Å². The van der Waals surface area contributed by atoms with Crippen molar-refractivity contribution in [1.29, 1.82) is 0 Å². The highest BCUT2D eigenvalue weighted by Crippen LogP contribution is 2.32. The minimum Gasteiger partial charge on any atom is -0.480 e. The summed E-state index contributed by atoms with van der Waals surface area (Å²) in [6.07, 6.45) is -1.51. The first-order valence-electron chi connectivity index (χ1n) is 10.5. The molecule has 0 spiro atoms. The van der Waals surface area contributed by atoms with Crippen LogP contribution in [-0.4, -0.2) is 59.0 Å². The van der Waals surface area contributed by atoms with Crippen molar-refractivity contribution in [2.24, 2.45) is 0 Å². The van der Waals surface area contributed by atoms with E-state index >= 15 is 0 Å². The average molecular weight is 546 g/mol. The second kappa shape index (κ2) is 10.3. The highest BCUT2D eigenvalue weighted by Gasteiger charge is 2.34. The summed E-state index contributed by atoms with van der Waals surface area (Å²) in [5.74, 6) is 5.68. The molecule has 0 bridgehead atoms. The molecule has 0 aliphatic carbocycles. The third-order valence-corrected chi connectivity index (χ3v) is 5.85. The van der Waals surface area contributed by atoms with Crippen molar-refractivity contribution in [3.05, 3.63) is 75.6 Å². The number of rotatable bonds is 3. The zero-order chi connectivity index (χ0) is 25.0. The molecular weight excluding hydrogens is 527 g/mol. The number of aromatic nitrogens is 3. The van der Waals surface area contributed by atoms with Crippen LogP contribution in [0, 0.1) is 11.8 Å². The molecule has 3 aromatic rings. The Morgan fingerprint density at radius 3 is 2.51 bits per heavy atom. The number of carbonyl (C=O) groups excluding carboxylic acids is 1. The molecule has 1 saturated heterocycles. The van der Waals surface area contributed by atoms with Gasteiger partial charge in [0.1, 0.15) is 5.69 Å². The first-order chi connectivity index (χ1) is 16.8. The molecule has 0 unspecified atom stereocenters. The van der Waals surface area contributed by atoms with Crippen LogP contribution >= 0.6 is 15.9 Å². The lowest BCUT2D eigenvalue weighted by Crippen LogP contribution is -2.49. The number of benzene rings is 1. The lowest BCUT2D eigenvalue weighted by Gasteiger charge is -2.34. The van der Waals surface area contributed by atoms with E-state index in [9.17, 15) is 18.0 Å². The van der Waals surface area contributed by atoms with Crippen LogP contribution in [0.3, 0.4) is 0 Å². The molecule has 1 aromatic carbocycles. The van der Waals surface area contributed by atoms with Crippen molar-refractivity contribution in [2.75, 3.05) is 38.2 Å². The predicted octanol–water partition coefficient (Wildman–Crippen LogP) is 4.02. The Bertz CT molecular complexity index is 1280. The van der Waals surface area contributed by atoms with Crippen molar-refractivity contribution in [2.45, 2.75) is 6.18 Å². The molecule has 11 heteroatoms. The molecule has 1 amide bonds. The Morgan fingerprint density at radius 2 is 1.86 bits per heavy atom. The normalized spacial score (nSPS) is 13.7. The van der Waals surface area contributed by atoms with Crippen molar-refractivity contribution < 1.29 is 22.7 Å². The van der Waals surface area contributed by atoms with E-state index in [1.807, 2.05) is 4.90 Å². The second-order valence-electron chi connectivity index (χ2n) is 7.53. The summed E-state index contributed by atoms with van der Waals surface area (Å²) >= 11 is 3.31. The summed E-state index contributed by atoms with van der Waals surface area (Å²) in [7, 11) is 1.51. The maximum atomic E-state index is 13.5. The SMILES string of the molecule is COc1nc(N2CCN(C(=O)c3ccc(C(F)(F)F)c(C#Cc4ccccn4)c3)CC2)ncc1Br. The number of ether oxygens (including phenoxy) is 1. The quantitative estimate of drug-likeness (QED) is 0.463. The number of hydrogen-bond donors (Lipinski definition) is 0. The summed E-state index contributed by atoms with van der Waals surface area (Å²) in [6, 6.07) is 8.25. The van der Waals surface area contributed by atoms with Crippen LogP contribution in [0.2, 0.25) is 0 Å². The minimum atomic E-state index is -4.60. The third kappa shape index (κ3) is 5.71. The number of piperazine rings is 1. The average Bonchev–Trinajstić information content (AvgIpc) is 2.87. The molecule has 2 aromatic heterocycles. The molecule has 7 nitrogen and oxygen atoms in total. The van der Waals surface area contributed by atoms with Crippen LogP contribution in [0.1, 0.15) is 27.2 Å². The first-order valence-corrected chi connectivity index (χ1v) is 11.3. The minimum absolute atomic E-state index is 0.137. The standard InChI is InChI=1S/C24H19BrF3N5O2/c1-35-21-20(25)15-30-23(31-21)33-12-10-32(11-13-33)22(34)17-6-8-19(24(26,27)28)16(14-17)5-7-18-4-2-3-9-29-18/h2-4,6,8-9,14-15H,10-13H2,1H3. The van der Waals surface area contributed by atoms with Gasteiger partial charge >= 0.3 is 6.18 Å². The van der Waals surface area contributed by atoms with E-state index in [2.05, 4.69) is 42.7 Å². The fraction of sp³-hybridized carbons (Fsp3) is 0.250. The van der Waals surface area contributed by atoms with Crippen LogP contribution in [-0.2, 0) is 6.18 Å². The summed E-state index contributed by atoms with van der Waals surface area (Å²) in [5, 5.41) is 0. The van der Waals surface area contributed by atoms with Crippen LogP contribution in [0.25, 0.3) is 0 Å². The third-order valence-electron chi connectivity index (χ3n) is 5.30. The molecular formula is C24H19BrF3N5O2. The van der Waals surface area contributed by atoms with Crippen LogP contribution in [0.4, 0.5) is 19.1 Å². The zero-order valence-electron chi connectivity index (χ0n) is 18.5. The molecule has 1 aliphatic heterocycles. The lowest BCUT2D eigenvalue weighted by molar-refractivity contribution is -0.137. The number of carbonyl (C=O) groups is 1. The van der Waals surface area contributed by atoms with Gasteiger partial charge in [0.05, 0.1) is 23.3 Å². The van der Waals surface area contributed by atoms with E-state index in [0.29, 0.717) is 48.2 Å². The number of alkyl halides is 3. The Morgan fingerprint density at radius 1 is 1.09 bits per heavy atom. The van der Waals surface area contributed by atoms with Gasteiger partial charge in [-0.25, -0.2) is 9.97 Å². The van der Waals surface area contributed by atoms with Gasteiger partial charge in [-0.2, -0.15) is 18.2 Å². The molecule has 1 aliphatic rings. The summed E-state index contributed by atoms with van der Waals surface area (Å²) in [6.45, 7) is 1.64. The molecule has 0 N–H and O–H groups in total. The Kier molecular flexibility index (Phi) is 7.21. The molecule has 4 rings (SSSR count). The number of hydrogen-bond acceptors (Lipinski definition) is 6. The maximum Gasteiger partial charge on any atom is 0.417 e. The lowest BCUT2D eigenvalue weighted by atomic mass is 10.0. The fourth-order valence-electron chi connectivity index (χ4n) is 3.53. The van der Waals surface area contributed by atoms with Crippen molar-refractivity contribution >= 4 is 27.8 Å². The highest BCUT2D eigenvalue weighted by molar-refractivity contribution is 9.10. The summed E-state index contributed by atoms with van der Waals surface area (Å²) in [4.78, 5) is 29.2. The number of methoxy groups -OCH3 is 1. The molecule has 35 heavy (non-hydrogen) atoms. The van der Waals surface area contributed by atoms with Gasteiger partial charge in [-0.3, -0.25) is 4.79 Å². The summed E-state index contributed by atoms with van der Waals surface area (Å²) < 4.78 is 46.4. The Labute approximate surface area is 208 Å². The highest BCUT2D eigenvalue weighted by atomic mass is 79.9. The predicted molar refractivity (Wildman–Crippen MR) is 126 cm³/mol. The van der Waals surface area contributed by atoms with E-state index in [1.165, 1.54) is 25.4 Å². The van der Waals surface area contributed by atoms with Gasteiger partial charge in [0.15, 0.2) is 0 Å². The van der Waals surface area contributed by atoms with E-state index in [0.717, 1.165) is 6.07 Å².